The highest BCUT2D eigenvalue weighted by Gasteiger charge is 2.11. The molecule has 1 atom stereocenters. The van der Waals surface area contributed by atoms with E-state index in [4.69, 9.17) is 5.11 Å². The van der Waals surface area contributed by atoms with E-state index in [2.05, 4.69) is 5.32 Å². The molecule has 0 heterocycles. The van der Waals surface area contributed by atoms with Crippen LogP contribution in [0.5, 0.6) is 0 Å². The van der Waals surface area contributed by atoms with Crippen LogP contribution in [0.2, 0.25) is 0 Å². The first-order valence-corrected chi connectivity index (χ1v) is 5.27. The quantitative estimate of drug-likeness (QED) is 0.776. The van der Waals surface area contributed by atoms with Gasteiger partial charge in [-0.15, -0.1) is 0 Å². The summed E-state index contributed by atoms with van der Waals surface area (Å²) in [4.78, 5) is 21.9. The highest BCUT2D eigenvalue weighted by molar-refractivity contribution is 5.94. The molecule has 1 amide bonds. The number of rotatable bonds is 4. The molecule has 0 saturated carbocycles. The highest BCUT2D eigenvalue weighted by atomic mass is 16.4. The van der Waals surface area contributed by atoms with Crippen molar-refractivity contribution in [2.45, 2.75) is 19.9 Å². The Hall–Kier alpha value is -2.10. The molecular weight excluding hydrogens is 218 g/mol. The Labute approximate surface area is 100.0 Å². The number of carboxylic acid groups (broad SMARTS) is 1. The van der Waals surface area contributed by atoms with Gasteiger partial charge in [0.1, 0.15) is 6.04 Å². The SMILES string of the molecule is Cc1ccccc1/C=C/C(=O)NC(C)C(=O)O. The van der Waals surface area contributed by atoms with Gasteiger partial charge in [-0.2, -0.15) is 0 Å². The minimum atomic E-state index is -1.05. The van der Waals surface area contributed by atoms with E-state index < -0.39 is 17.9 Å². The number of aryl methyl sites for hydroxylation is 1. The molecule has 1 rings (SSSR count). The van der Waals surface area contributed by atoms with Crippen molar-refractivity contribution in [1.29, 1.82) is 0 Å². The summed E-state index contributed by atoms with van der Waals surface area (Å²) in [6.07, 6.45) is 3.00. The van der Waals surface area contributed by atoms with Crippen molar-refractivity contribution in [2.75, 3.05) is 0 Å². The topological polar surface area (TPSA) is 66.4 Å². The average Bonchev–Trinajstić information content (AvgIpc) is 2.27. The second kappa shape index (κ2) is 5.84. The molecule has 0 aromatic heterocycles. The molecule has 0 bridgehead atoms. The van der Waals surface area contributed by atoms with Gasteiger partial charge in [-0.05, 0) is 31.1 Å². The molecule has 90 valence electrons. The van der Waals surface area contributed by atoms with Crippen molar-refractivity contribution in [3.8, 4) is 0 Å². The van der Waals surface area contributed by atoms with Crippen LogP contribution in [0.25, 0.3) is 6.08 Å². The predicted octanol–water partition coefficient (Wildman–Crippen LogP) is 1.60. The zero-order valence-corrected chi connectivity index (χ0v) is 9.81. The first kappa shape index (κ1) is 13.0. The number of carbonyl (C=O) groups excluding carboxylic acids is 1. The number of carboxylic acids is 1. The average molecular weight is 233 g/mol. The third kappa shape index (κ3) is 4.10. The van der Waals surface area contributed by atoms with E-state index in [1.807, 2.05) is 31.2 Å². The number of amides is 1. The van der Waals surface area contributed by atoms with Crippen LogP contribution in [0, 0.1) is 6.92 Å². The second-order valence-corrected chi connectivity index (χ2v) is 3.76. The molecule has 0 aliphatic heterocycles. The zero-order valence-electron chi connectivity index (χ0n) is 9.81. The van der Waals surface area contributed by atoms with E-state index in [1.54, 1.807) is 6.08 Å². The van der Waals surface area contributed by atoms with Crippen LogP contribution in [-0.2, 0) is 9.59 Å². The smallest absolute Gasteiger partial charge is 0.325 e. The van der Waals surface area contributed by atoms with Crippen LogP contribution in [-0.4, -0.2) is 23.0 Å². The van der Waals surface area contributed by atoms with Gasteiger partial charge in [0.15, 0.2) is 0 Å². The van der Waals surface area contributed by atoms with Crippen molar-refractivity contribution in [3.63, 3.8) is 0 Å². The first-order valence-electron chi connectivity index (χ1n) is 5.27. The van der Waals surface area contributed by atoms with Gasteiger partial charge < -0.3 is 10.4 Å². The van der Waals surface area contributed by atoms with E-state index in [-0.39, 0.29) is 0 Å². The fraction of sp³-hybridized carbons (Fsp3) is 0.231. The van der Waals surface area contributed by atoms with Crippen LogP contribution in [0.1, 0.15) is 18.1 Å². The van der Waals surface area contributed by atoms with Gasteiger partial charge in [0, 0.05) is 6.08 Å². The van der Waals surface area contributed by atoms with E-state index in [0.717, 1.165) is 11.1 Å². The lowest BCUT2D eigenvalue weighted by Crippen LogP contribution is -2.37. The summed E-state index contributed by atoms with van der Waals surface area (Å²) in [6.45, 7) is 3.36. The minimum Gasteiger partial charge on any atom is -0.480 e. The van der Waals surface area contributed by atoms with Crippen molar-refractivity contribution < 1.29 is 14.7 Å². The Balaban J connectivity index is 2.63. The molecule has 0 saturated heterocycles. The van der Waals surface area contributed by atoms with Crippen LogP contribution in [0.3, 0.4) is 0 Å². The number of hydrogen-bond acceptors (Lipinski definition) is 2. The number of hydrogen-bond donors (Lipinski definition) is 2. The third-order valence-electron chi connectivity index (χ3n) is 2.33. The lowest BCUT2D eigenvalue weighted by Gasteiger charge is -2.06. The van der Waals surface area contributed by atoms with Crippen molar-refractivity contribution >= 4 is 18.0 Å². The maximum absolute atomic E-state index is 11.4. The lowest BCUT2D eigenvalue weighted by molar-refractivity contribution is -0.140. The van der Waals surface area contributed by atoms with Crippen molar-refractivity contribution in [1.82, 2.24) is 5.32 Å². The molecular formula is C13H15NO3. The predicted molar refractivity (Wildman–Crippen MR) is 65.5 cm³/mol. The summed E-state index contributed by atoms with van der Waals surface area (Å²) in [5.41, 5.74) is 1.99. The molecule has 0 spiro atoms. The fourth-order valence-electron chi connectivity index (χ4n) is 1.26. The molecule has 0 aliphatic rings. The molecule has 0 aliphatic carbocycles. The van der Waals surface area contributed by atoms with Gasteiger partial charge >= 0.3 is 5.97 Å². The normalized spacial score (nSPS) is 12.4. The van der Waals surface area contributed by atoms with Gasteiger partial charge in [-0.25, -0.2) is 0 Å². The van der Waals surface area contributed by atoms with E-state index in [1.165, 1.54) is 13.0 Å². The standard InChI is InChI=1S/C13H15NO3/c1-9-5-3-4-6-11(9)7-8-12(15)14-10(2)13(16)17/h3-8,10H,1-2H3,(H,14,15)(H,16,17)/b8-7+. The summed E-state index contributed by atoms with van der Waals surface area (Å²) in [5, 5.41) is 11.0. The number of carbonyl (C=O) groups is 2. The molecule has 0 fully saturated rings. The Morgan fingerprint density at radius 1 is 1.35 bits per heavy atom. The maximum atomic E-state index is 11.4. The van der Waals surface area contributed by atoms with Gasteiger partial charge in [0.2, 0.25) is 5.91 Å². The monoisotopic (exact) mass is 233 g/mol. The van der Waals surface area contributed by atoms with Crippen molar-refractivity contribution in [3.05, 3.63) is 41.5 Å². The second-order valence-electron chi connectivity index (χ2n) is 3.76. The summed E-state index contributed by atoms with van der Waals surface area (Å²) in [5.74, 6) is -1.47. The molecule has 0 radical (unpaired) electrons. The molecule has 4 heteroatoms. The largest absolute Gasteiger partial charge is 0.480 e. The Morgan fingerprint density at radius 2 is 2.00 bits per heavy atom. The summed E-state index contributed by atoms with van der Waals surface area (Å²) in [7, 11) is 0. The number of aliphatic carboxylic acids is 1. The van der Waals surface area contributed by atoms with E-state index in [9.17, 15) is 9.59 Å². The third-order valence-corrected chi connectivity index (χ3v) is 2.33. The Bertz CT molecular complexity index is 452. The van der Waals surface area contributed by atoms with Gasteiger partial charge in [-0.3, -0.25) is 9.59 Å². The Morgan fingerprint density at radius 3 is 2.59 bits per heavy atom. The molecule has 2 N–H and O–H groups in total. The minimum absolute atomic E-state index is 0.414. The summed E-state index contributed by atoms with van der Waals surface area (Å²) >= 11 is 0. The van der Waals surface area contributed by atoms with Gasteiger partial charge in [-0.1, -0.05) is 24.3 Å². The molecule has 17 heavy (non-hydrogen) atoms. The fourth-order valence-corrected chi connectivity index (χ4v) is 1.26. The van der Waals surface area contributed by atoms with E-state index >= 15 is 0 Å². The Kier molecular flexibility index (Phi) is 4.46. The van der Waals surface area contributed by atoms with Crippen LogP contribution in [0.4, 0.5) is 0 Å². The highest BCUT2D eigenvalue weighted by Crippen LogP contribution is 2.08. The van der Waals surface area contributed by atoms with Gasteiger partial charge in [0.05, 0.1) is 0 Å². The molecule has 1 aromatic rings. The van der Waals surface area contributed by atoms with Crippen LogP contribution < -0.4 is 5.32 Å². The maximum Gasteiger partial charge on any atom is 0.325 e. The van der Waals surface area contributed by atoms with Gasteiger partial charge in [0.25, 0.3) is 0 Å². The summed E-state index contributed by atoms with van der Waals surface area (Å²) in [6, 6.07) is 6.74. The number of nitrogens with one attached hydrogen (secondary N) is 1. The van der Waals surface area contributed by atoms with Crippen LogP contribution >= 0.6 is 0 Å². The summed E-state index contributed by atoms with van der Waals surface area (Å²) < 4.78 is 0. The molecule has 1 aromatic carbocycles. The first-order chi connectivity index (χ1) is 8.00. The van der Waals surface area contributed by atoms with E-state index in [0.29, 0.717) is 0 Å². The molecule has 1 unspecified atom stereocenters. The lowest BCUT2D eigenvalue weighted by atomic mass is 10.1. The number of benzene rings is 1. The van der Waals surface area contributed by atoms with Crippen LogP contribution in [0.15, 0.2) is 30.3 Å². The zero-order chi connectivity index (χ0) is 12.8. The molecule has 4 nitrogen and oxygen atoms in total. The van der Waals surface area contributed by atoms with Crippen molar-refractivity contribution in [2.24, 2.45) is 0 Å².